The highest BCUT2D eigenvalue weighted by molar-refractivity contribution is 7.87. The fourth-order valence-electron chi connectivity index (χ4n) is 8.18. The average molecular weight is 551 g/mol. The first-order chi connectivity index (χ1) is 17.2. The van der Waals surface area contributed by atoms with Crippen molar-refractivity contribution in [3.63, 3.8) is 0 Å². The molecule has 37 heavy (non-hydrogen) atoms. The second-order valence-corrected chi connectivity index (χ2v) is 13.7. The van der Waals surface area contributed by atoms with E-state index in [0.717, 1.165) is 38.5 Å². The maximum absolute atomic E-state index is 14.0. The van der Waals surface area contributed by atoms with E-state index >= 15 is 0 Å². The Labute approximate surface area is 217 Å². The number of rotatable bonds is 8. The number of alkyl halides is 2. The molecular formula is C26H40F2O8S. The van der Waals surface area contributed by atoms with Gasteiger partial charge < -0.3 is 14.2 Å². The van der Waals surface area contributed by atoms with Crippen molar-refractivity contribution in [1.82, 2.24) is 0 Å². The van der Waals surface area contributed by atoms with Crippen LogP contribution in [-0.2, 0) is 33.9 Å². The Morgan fingerprint density at radius 2 is 1.73 bits per heavy atom. The van der Waals surface area contributed by atoms with Gasteiger partial charge in [-0.15, -0.1) is 0 Å². The Morgan fingerprint density at radius 1 is 1.00 bits per heavy atom. The van der Waals surface area contributed by atoms with E-state index in [9.17, 15) is 26.8 Å². The van der Waals surface area contributed by atoms with Crippen LogP contribution in [0.2, 0.25) is 0 Å². The lowest BCUT2D eigenvalue weighted by atomic mass is 9.59. The molecule has 11 heteroatoms. The molecular weight excluding hydrogens is 510 g/mol. The van der Waals surface area contributed by atoms with Gasteiger partial charge in [-0.25, -0.2) is 9.59 Å². The van der Waals surface area contributed by atoms with Crippen molar-refractivity contribution in [3.8, 4) is 0 Å². The van der Waals surface area contributed by atoms with E-state index in [0.29, 0.717) is 24.7 Å². The summed E-state index contributed by atoms with van der Waals surface area (Å²) in [7, 11) is -5.96. The smallest absolute Gasteiger partial charge is 0.457 e. The third-order valence-corrected chi connectivity index (χ3v) is 10.3. The van der Waals surface area contributed by atoms with Gasteiger partial charge in [-0.3, -0.25) is 4.55 Å². The largest absolute Gasteiger partial charge is 0.465 e. The summed E-state index contributed by atoms with van der Waals surface area (Å²) < 4.78 is 76.0. The van der Waals surface area contributed by atoms with Gasteiger partial charge in [0.1, 0.15) is 17.8 Å². The molecule has 0 spiro atoms. The van der Waals surface area contributed by atoms with Crippen LogP contribution in [0.5, 0.6) is 0 Å². The van der Waals surface area contributed by atoms with E-state index in [2.05, 4.69) is 13.8 Å². The van der Waals surface area contributed by atoms with Crippen LogP contribution in [0, 0.1) is 29.6 Å². The van der Waals surface area contributed by atoms with Gasteiger partial charge in [0.15, 0.2) is 0 Å². The van der Waals surface area contributed by atoms with Crippen molar-refractivity contribution in [1.29, 1.82) is 0 Å². The Bertz CT molecular complexity index is 981. The van der Waals surface area contributed by atoms with E-state index in [1.54, 1.807) is 0 Å². The van der Waals surface area contributed by atoms with E-state index in [1.807, 2.05) is 6.92 Å². The van der Waals surface area contributed by atoms with Crippen LogP contribution in [-0.4, -0.2) is 54.1 Å². The minimum Gasteiger partial charge on any atom is -0.457 e. The lowest BCUT2D eigenvalue weighted by Gasteiger charge is -2.52. The summed E-state index contributed by atoms with van der Waals surface area (Å²) in [6.45, 7) is 5.85. The molecule has 4 fully saturated rings. The van der Waals surface area contributed by atoms with Crippen molar-refractivity contribution >= 4 is 22.1 Å². The monoisotopic (exact) mass is 550 g/mol. The zero-order valence-electron chi connectivity index (χ0n) is 21.9. The predicted octanol–water partition coefficient (Wildman–Crippen LogP) is 4.90. The lowest BCUT2D eigenvalue weighted by Crippen LogP contribution is -2.54. The molecule has 212 valence electrons. The molecule has 4 aliphatic rings. The number of fused-ring (bicyclic) bond motifs is 4. The quantitative estimate of drug-likeness (QED) is 0.335. The van der Waals surface area contributed by atoms with Gasteiger partial charge in [0.05, 0.1) is 6.10 Å². The standard InChI is InChI=1S/C26H40F2O8S/c1-4-25(17(3)9-18-6-5-7-20(25)10-18)35-22(29)15-34-21-11-19-8-16(2)12-24(13-19,14-21)36-23(30)26(27,28)37(31,32)33/h16-21H,4-15H2,1-3H3,(H,31,32,33). The van der Waals surface area contributed by atoms with Crippen molar-refractivity contribution in [2.45, 2.75) is 114 Å². The summed E-state index contributed by atoms with van der Waals surface area (Å²) in [4.78, 5) is 25.1. The molecule has 0 aromatic carbocycles. The molecule has 8 atom stereocenters. The first-order valence-corrected chi connectivity index (χ1v) is 15.1. The first kappa shape index (κ1) is 28.7. The van der Waals surface area contributed by atoms with Gasteiger partial charge in [-0.1, -0.05) is 33.6 Å². The highest BCUT2D eigenvalue weighted by atomic mass is 32.2. The van der Waals surface area contributed by atoms with Crippen LogP contribution in [0.1, 0.15) is 91.4 Å². The average Bonchev–Trinajstić information content (AvgIpc) is 2.79. The molecule has 0 aromatic rings. The number of hydrogen-bond donors (Lipinski definition) is 1. The maximum atomic E-state index is 14.0. The summed E-state index contributed by atoms with van der Waals surface area (Å²) in [6, 6.07) is 0. The van der Waals surface area contributed by atoms with Crippen LogP contribution < -0.4 is 0 Å². The first-order valence-electron chi connectivity index (χ1n) is 13.6. The van der Waals surface area contributed by atoms with Crippen molar-refractivity contribution < 1.29 is 45.6 Å². The van der Waals surface area contributed by atoms with Gasteiger partial charge in [-0.05, 0) is 81.0 Å². The SMILES string of the molecule is CCC1(OC(=O)COC2CC3CC(C)CC(OC(=O)C(F)(F)S(=O)(=O)O)(C3)C2)C(C)CC2CCCC1C2. The third-order valence-electron chi connectivity index (χ3n) is 9.47. The maximum Gasteiger partial charge on any atom is 0.465 e. The van der Waals surface area contributed by atoms with Crippen molar-refractivity contribution in [3.05, 3.63) is 0 Å². The summed E-state index contributed by atoms with van der Waals surface area (Å²) in [5.74, 6) is -1.38. The van der Waals surface area contributed by atoms with Crippen molar-refractivity contribution in [2.24, 2.45) is 29.6 Å². The minimum atomic E-state index is -5.96. The molecule has 4 bridgehead atoms. The Morgan fingerprint density at radius 3 is 2.41 bits per heavy atom. The molecule has 0 aromatic heterocycles. The molecule has 8 nitrogen and oxygen atoms in total. The second kappa shape index (κ2) is 10.3. The van der Waals surface area contributed by atoms with E-state index in [4.69, 9.17) is 18.8 Å². The Kier molecular flexibility index (Phi) is 8.01. The lowest BCUT2D eigenvalue weighted by molar-refractivity contribution is -0.206. The van der Waals surface area contributed by atoms with Crippen molar-refractivity contribution in [2.75, 3.05) is 6.61 Å². The van der Waals surface area contributed by atoms with Gasteiger partial charge in [0.25, 0.3) is 0 Å². The zero-order chi connectivity index (χ0) is 27.2. The molecule has 4 aliphatic carbocycles. The second-order valence-electron chi connectivity index (χ2n) is 12.2. The third kappa shape index (κ3) is 5.69. The van der Waals surface area contributed by atoms with Crippen LogP contribution in [0.4, 0.5) is 8.78 Å². The molecule has 1 N–H and O–H groups in total. The highest BCUT2D eigenvalue weighted by Gasteiger charge is 2.58. The molecule has 0 heterocycles. The minimum absolute atomic E-state index is 0.00481. The van der Waals surface area contributed by atoms with Gasteiger partial charge >= 0.3 is 27.3 Å². The number of hydrogen-bond acceptors (Lipinski definition) is 7. The normalized spacial score (nSPS) is 40.1. The van der Waals surface area contributed by atoms with Crippen LogP contribution >= 0.6 is 0 Å². The molecule has 4 rings (SSSR count). The number of ether oxygens (including phenoxy) is 3. The van der Waals surface area contributed by atoms with E-state index in [1.165, 1.54) is 6.42 Å². The fraction of sp³-hybridized carbons (Fsp3) is 0.923. The van der Waals surface area contributed by atoms with Gasteiger partial charge in [-0.2, -0.15) is 17.2 Å². The van der Waals surface area contributed by atoms with Crippen LogP contribution in [0.15, 0.2) is 0 Å². The predicted molar refractivity (Wildman–Crippen MR) is 129 cm³/mol. The zero-order valence-corrected chi connectivity index (χ0v) is 22.7. The highest BCUT2D eigenvalue weighted by Crippen LogP contribution is 2.52. The summed E-state index contributed by atoms with van der Waals surface area (Å²) in [5, 5.41) is -5.06. The van der Waals surface area contributed by atoms with Gasteiger partial charge in [0, 0.05) is 6.42 Å². The molecule has 0 radical (unpaired) electrons. The number of carbonyl (C=O) groups excluding carboxylic acids is 2. The van der Waals surface area contributed by atoms with Crippen LogP contribution in [0.3, 0.4) is 0 Å². The molecule has 0 amide bonds. The van der Waals surface area contributed by atoms with E-state index < -0.39 is 44.6 Å². The number of halogens is 2. The number of carbonyl (C=O) groups is 2. The van der Waals surface area contributed by atoms with Crippen LogP contribution in [0.25, 0.3) is 0 Å². The summed E-state index contributed by atoms with van der Waals surface area (Å²) >= 11 is 0. The Hall–Kier alpha value is -1.33. The summed E-state index contributed by atoms with van der Waals surface area (Å²) in [6.07, 6.45) is 7.74. The summed E-state index contributed by atoms with van der Waals surface area (Å²) in [5.41, 5.74) is -1.85. The topological polar surface area (TPSA) is 116 Å². The van der Waals surface area contributed by atoms with E-state index in [-0.39, 0.29) is 37.2 Å². The fourth-order valence-corrected chi connectivity index (χ4v) is 8.43. The number of esters is 2. The molecule has 8 unspecified atom stereocenters. The molecule has 0 aliphatic heterocycles. The molecule has 4 saturated carbocycles. The Balaban J connectivity index is 1.41. The molecule has 0 saturated heterocycles. The van der Waals surface area contributed by atoms with Gasteiger partial charge in [0.2, 0.25) is 0 Å².